The smallest absolute Gasteiger partial charge is 0.419 e. The first-order chi connectivity index (χ1) is 18.0. The Balaban J connectivity index is 1.60. The zero-order valence-corrected chi connectivity index (χ0v) is 20.7. The Bertz CT molecular complexity index is 1420. The van der Waals surface area contributed by atoms with Crippen molar-refractivity contribution < 1.29 is 32.5 Å². The van der Waals surface area contributed by atoms with Crippen LogP contribution in [0.2, 0.25) is 0 Å². The lowest BCUT2D eigenvalue weighted by atomic mass is 9.99. The number of carbonyl (C=O) groups is 1. The molecule has 0 fully saturated rings. The number of nitrogens with one attached hydrogen (secondary N) is 1. The Kier molecular flexibility index (Phi) is 7.45. The molecule has 1 atom stereocenters. The number of benzene rings is 3. The first-order valence-corrected chi connectivity index (χ1v) is 11.6. The highest BCUT2D eigenvalue weighted by Gasteiger charge is 2.36. The highest BCUT2D eigenvalue weighted by Crippen LogP contribution is 2.41. The molecule has 0 aliphatic carbocycles. The Morgan fingerprint density at radius 3 is 2.24 bits per heavy atom. The molecule has 1 heterocycles. The van der Waals surface area contributed by atoms with Gasteiger partial charge in [0.25, 0.3) is 0 Å². The second kappa shape index (κ2) is 10.6. The van der Waals surface area contributed by atoms with Gasteiger partial charge in [-0.2, -0.15) is 18.2 Å². The van der Waals surface area contributed by atoms with Gasteiger partial charge < -0.3 is 25.3 Å². The SMILES string of the molecule is COc1nc([C@@](C)(N)CC(=O)O)[nH]c1-c1ccc(OCc2ccc(-c3ccccc3)cc2)c(C(F)(F)F)c1. The number of H-pyrrole nitrogens is 1. The molecular weight excluding hydrogens is 499 g/mol. The number of methoxy groups -OCH3 is 1. The van der Waals surface area contributed by atoms with Crippen LogP contribution in [0.1, 0.15) is 30.3 Å². The Morgan fingerprint density at radius 2 is 1.63 bits per heavy atom. The largest absolute Gasteiger partial charge is 0.488 e. The van der Waals surface area contributed by atoms with Gasteiger partial charge in [-0.25, -0.2) is 0 Å². The third-order valence-electron chi connectivity index (χ3n) is 5.95. The molecular formula is C28H26F3N3O4. The number of aromatic amines is 1. The van der Waals surface area contributed by atoms with Crippen LogP contribution in [0.25, 0.3) is 22.4 Å². The van der Waals surface area contributed by atoms with Crippen molar-refractivity contribution in [1.82, 2.24) is 9.97 Å². The molecule has 0 radical (unpaired) electrons. The lowest BCUT2D eigenvalue weighted by Gasteiger charge is -2.19. The summed E-state index contributed by atoms with van der Waals surface area (Å²) in [5.41, 5.74) is 6.70. The number of hydrogen-bond acceptors (Lipinski definition) is 5. The summed E-state index contributed by atoms with van der Waals surface area (Å²) in [5.74, 6) is -1.42. The van der Waals surface area contributed by atoms with Gasteiger partial charge in [0.2, 0.25) is 5.88 Å². The molecule has 38 heavy (non-hydrogen) atoms. The molecule has 3 aromatic carbocycles. The molecule has 0 amide bonds. The predicted octanol–water partition coefficient (Wildman–Crippen LogP) is 6.00. The summed E-state index contributed by atoms with van der Waals surface area (Å²) < 4.78 is 52.8. The molecule has 4 aromatic rings. The lowest BCUT2D eigenvalue weighted by molar-refractivity contribution is -0.139. The topological polar surface area (TPSA) is 110 Å². The van der Waals surface area contributed by atoms with E-state index in [0.717, 1.165) is 17.2 Å². The summed E-state index contributed by atoms with van der Waals surface area (Å²) in [7, 11) is 1.31. The maximum Gasteiger partial charge on any atom is 0.419 e. The number of carboxylic acid groups (broad SMARTS) is 1. The average molecular weight is 526 g/mol. The zero-order valence-electron chi connectivity index (χ0n) is 20.7. The molecule has 0 spiro atoms. The van der Waals surface area contributed by atoms with E-state index >= 15 is 0 Å². The van der Waals surface area contributed by atoms with Gasteiger partial charge in [0, 0.05) is 5.56 Å². The minimum atomic E-state index is -4.70. The summed E-state index contributed by atoms with van der Waals surface area (Å²) in [6, 6.07) is 20.7. The Morgan fingerprint density at radius 1 is 1.00 bits per heavy atom. The number of alkyl halides is 3. The summed E-state index contributed by atoms with van der Waals surface area (Å²) in [6.07, 6.45) is -5.15. The number of nitrogens with zero attached hydrogens (tertiary/aromatic N) is 1. The fraction of sp³-hybridized carbons (Fsp3) is 0.214. The van der Waals surface area contributed by atoms with Crippen LogP contribution in [0.3, 0.4) is 0 Å². The maximum absolute atomic E-state index is 14.0. The number of halogens is 3. The van der Waals surface area contributed by atoms with E-state index in [1.165, 1.54) is 26.2 Å². The summed E-state index contributed by atoms with van der Waals surface area (Å²) in [4.78, 5) is 18.2. The lowest BCUT2D eigenvalue weighted by Crippen LogP contribution is -2.36. The van der Waals surface area contributed by atoms with E-state index < -0.39 is 29.7 Å². The van der Waals surface area contributed by atoms with E-state index in [4.69, 9.17) is 20.3 Å². The van der Waals surface area contributed by atoms with Gasteiger partial charge in [-0.3, -0.25) is 4.79 Å². The third kappa shape index (κ3) is 5.97. The molecule has 0 saturated carbocycles. The maximum atomic E-state index is 14.0. The summed E-state index contributed by atoms with van der Waals surface area (Å²) >= 11 is 0. The minimum absolute atomic E-state index is 0.0117. The van der Waals surface area contributed by atoms with Crippen LogP contribution in [0.15, 0.2) is 72.8 Å². The van der Waals surface area contributed by atoms with Crippen LogP contribution in [-0.2, 0) is 23.1 Å². The standard InChI is InChI=1S/C28H26F3N3O4/c1-27(32,15-23(35)36)26-33-24(25(34-26)37-2)20-12-13-22(21(14-20)28(29,30)31)38-16-17-8-10-19(11-9-17)18-6-4-3-5-7-18/h3-14H,15-16,32H2,1-2H3,(H,33,34)(H,35,36)/t27-/m0/s1. The minimum Gasteiger partial charge on any atom is -0.488 e. The number of nitrogens with two attached hydrogens (primary N) is 1. The van der Waals surface area contributed by atoms with Crippen LogP contribution in [0, 0.1) is 0 Å². The van der Waals surface area contributed by atoms with Crippen molar-refractivity contribution in [3.63, 3.8) is 0 Å². The number of carboxylic acids is 1. The van der Waals surface area contributed by atoms with Gasteiger partial charge >= 0.3 is 12.1 Å². The molecule has 198 valence electrons. The van der Waals surface area contributed by atoms with E-state index in [1.807, 2.05) is 54.6 Å². The molecule has 0 aliphatic heterocycles. The molecule has 0 saturated heterocycles. The molecule has 10 heteroatoms. The molecule has 4 rings (SSSR count). The quantitative estimate of drug-likeness (QED) is 0.247. The molecule has 0 unspecified atom stereocenters. The van der Waals surface area contributed by atoms with Crippen molar-refractivity contribution in [1.29, 1.82) is 0 Å². The van der Waals surface area contributed by atoms with Crippen molar-refractivity contribution >= 4 is 5.97 Å². The average Bonchev–Trinajstić information content (AvgIpc) is 3.33. The number of ether oxygens (including phenoxy) is 2. The van der Waals surface area contributed by atoms with Crippen LogP contribution < -0.4 is 15.2 Å². The Labute approximate surface area is 217 Å². The number of aliphatic carboxylic acids is 1. The van der Waals surface area contributed by atoms with E-state index in [9.17, 15) is 18.0 Å². The summed E-state index contributed by atoms with van der Waals surface area (Å²) in [6.45, 7) is 1.39. The van der Waals surface area contributed by atoms with Crippen LogP contribution in [0.5, 0.6) is 11.6 Å². The Hall–Kier alpha value is -4.31. The normalized spacial score (nSPS) is 13.1. The highest BCUT2D eigenvalue weighted by atomic mass is 19.4. The van der Waals surface area contributed by atoms with Gasteiger partial charge in [0.05, 0.1) is 24.6 Å². The third-order valence-corrected chi connectivity index (χ3v) is 5.95. The van der Waals surface area contributed by atoms with Crippen molar-refractivity contribution in [2.45, 2.75) is 31.7 Å². The monoisotopic (exact) mass is 525 g/mol. The second-order valence-corrected chi connectivity index (χ2v) is 9.02. The number of hydrogen-bond donors (Lipinski definition) is 3. The van der Waals surface area contributed by atoms with Crippen molar-refractivity contribution in [2.75, 3.05) is 7.11 Å². The second-order valence-electron chi connectivity index (χ2n) is 9.02. The van der Waals surface area contributed by atoms with E-state index in [0.29, 0.717) is 5.56 Å². The van der Waals surface area contributed by atoms with E-state index in [1.54, 1.807) is 0 Å². The van der Waals surface area contributed by atoms with Crippen molar-refractivity contribution in [3.05, 3.63) is 89.7 Å². The van der Waals surface area contributed by atoms with Gasteiger partial charge in [-0.05, 0) is 41.8 Å². The van der Waals surface area contributed by atoms with Gasteiger partial charge in [-0.15, -0.1) is 0 Å². The number of rotatable bonds is 9. The van der Waals surface area contributed by atoms with Crippen molar-refractivity contribution in [2.24, 2.45) is 5.73 Å². The van der Waals surface area contributed by atoms with Gasteiger partial charge in [0.15, 0.2) is 0 Å². The number of aromatic nitrogens is 2. The predicted molar refractivity (Wildman–Crippen MR) is 136 cm³/mol. The summed E-state index contributed by atoms with van der Waals surface area (Å²) in [5, 5.41) is 9.12. The zero-order chi connectivity index (χ0) is 27.5. The van der Waals surface area contributed by atoms with Crippen LogP contribution in [0.4, 0.5) is 13.2 Å². The van der Waals surface area contributed by atoms with Gasteiger partial charge in [-0.1, -0.05) is 54.6 Å². The molecule has 0 bridgehead atoms. The fourth-order valence-corrected chi connectivity index (χ4v) is 3.99. The highest BCUT2D eigenvalue weighted by molar-refractivity contribution is 5.70. The molecule has 0 aliphatic rings. The first-order valence-electron chi connectivity index (χ1n) is 11.6. The molecule has 7 nitrogen and oxygen atoms in total. The fourth-order valence-electron chi connectivity index (χ4n) is 3.99. The van der Waals surface area contributed by atoms with Crippen LogP contribution >= 0.6 is 0 Å². The van der Waals surface area contributed by atoms with E-state index in [2.05, 4.69) is 9.97 Å². The molecule has 4 N–H and O–H groups in total. The van der Waals surface area contributed by atoms with Crippen molar-refractivity contribution in [3.8, 4) is 34.0 Å². The number of imidazole rings is 1. The van der Waals surface area contributed by atoms with Gasteiger partial charge in [0.1, 0.15) is 23.9 Å². The van der Waals surface area contributed by atoms with Crippen LogP contribution in [-0.4, -0.2) is 28.2 Å². The first kappa shape index (κ1) is 26.7. The van der Waals surface area contributed by atoms with E-state index in [-0.39, 0.29) is 35.3 Å². The molecule has 1 aromatic heterocycles.